The molecule has 0 unspecified atom stereocenters. The average molecular weight is 1160 g/mol. The van der Waals surface area contributed by atoms with Crippen LogP contribution in [0.4, 0.5) is 52.0 Å². The molecule has 9 aromatic rings. The van der Waals surface area contributed by atoms with Gasteiger partial charge >= 0.3 is 12.6 Å². The molecule has 0 amide bonds. The fraction of sp³-hybridized carbons (Fsp3) is 0.0476. The van der Waals surface area contributed by atoms with E-state index in [1.54, 1.807) is 42.5 Å². The molecule has 9 rings (SSSR count). The molecule has 71 heavy (non-hydrogen) atoms. The minimum atomic E-state index is -1.35. The molecule has 3 aromatic heterocycles. The Kier molecular flexibility index (Phi) is 19.5. The lowest BCUT2D eigenvalue weighted by atomic mass is 9.77. The third kappa shape index (κ3) is 15.2. The topological polar surface area (TPSA) is 471 Å². The van der Waals surface area contributed by atoms with Crippen molar-refractivity contribution >= 4 is 145 Å². The molecule has 0 saturated carbocycles. The van der Waals surface area contributed by atoms with Crippen molar-refractivity contribution in [1.29, 1.82) is 5.26 Å². The first kappa shape index (κ1) is 55.0. The zero-order valence-corrected chi connectivity index (χ0v) is 42.0. The maximum Gasteiger partial charge on any atom is 0.488 e. The van der Waals surface area contributed by atoms with Crippen molar-refractivity contribution in [3.63, 3.8) is 0 Å². The highest BCUT2D eigenvalue weighted by atomic mass is 79.9. The molecule has 21 N–H and O–H groups in total. The zero-order chi connectivity index (χ0) is 52.7. The summed E-state index contributed by atoms with van der Waals surface area (Å²) in [6.07, 6.45) is 1.25. The highest BCUT2D eigenvalue weighted by Gasteiger charge is 2.15. The van der Waals surface area contributed by atoms with Gasteiger partial charge < -0.3 is 61.7 Å². The van der Waals surface area contributed by atoms with E-state index in [0.29, 0.717) is 74.8 Å². The number of nitro benzene ring substituents is 1. The van der Waals surface area contributed by atoms with Crippen molar-refractivity contribution in [3.8, 4) is 17.3 Å². The monoisotopic (exact) mass is 1160 g/mol. The van der Waals surface area contributed by atoms with Gasteiger partial charge in [-0.1, -0.05) is 59.2 Å². The normalized spacial score (nSPS) is 10.0. The molecule has 0 radical (unpaired) electrons. The van der Waals surface area contributed by atoms with Gasteiger partial charge in [-0.05, 0) is 115 Å². The van der Waals surface area contributed by atoms with Crippen molar-refractivity contribution < 1.29 is 19.5 Å². The van der Waals surface area contributed by atoms with E-state index in [4.69, 9.17) is 61.2 Å². The maximum atomic E-state index is 11.3. The largest absolute Gasteiger partial charge is 0.488 e. The number of anilines is 8. The van der Waals surface area contributed by atoms with Crippen LogP contribution in [-0.2, 0) is 0 Å². The number of benzene rings is 6. The number of nitro groups is 1. The summed E-state index contributed by atoms with van der Waals surface area (Å²) in [4.78, 5) is 33.2. The maximum absolute atomic E-state index is 11.3. The second kappa shape index (κ2) is 25.2. The molecule has 364 valence electrons. The minimum absolute atomic E-state index is 0.0502. The van der Waals surface area contributed by atoms with Crippen LogP contribution in [0.15, 0.2) is 110 Å². The Labute approximate surface area is 427 Å². The van der Waals surface area contributed by atoms with E-state index in [-0.39, 0.29) is 29.2 Å². The van der Waals surface area contributed by atoms with Gasteiger partial charge in [0, 0.05) is 53.9 Å². The predicted octanol–water partition coefficient (Wildman–Crippen LogP) is 4.14. The Morgan fingerprint density at radius 2 is 1.10 bits per heavy atom. The Hall–Kier alpha value is -8.56. The van der Waals surface area contributed by atoms with Crippen LogP contribution in [0.25, 0.3) is 44.2 Å². The number of hydrogen-bond acceptors (Lipinski definition) is 22. The van der Waals surface area contributed by atoms with Gasteiger partial charge in [0.05, 0.1) is 20.9 Å². The number of halogens is 3. The third-order valence-electron chi connectivity index (χ3n) is 9.25. The number of nitrogens with two attached hydrogens (primary N) is 9. The van der Waals surface area contributed by atoms with Crippen LogP contribution in [-0.4, -0.2) is 62.5 Å². The third-order valence-corrected chi connectivity index (χ3v) is 11.3. The summed E-state index contributed by atoms with van der Waals surface area (Å²) in [6, 6.07) is 28.2. The molecule has 0 bridgehead atoms. The number of hydrogen-bond donors (Lipinski definition) is 12. The van der Waals surface area contributed by atoms with Crippen LogP contribution < -0.4 is 61.6 Å². The van der Waals surface area contributed by atoms with Gasteiger partial charge in [-0.25, -0.2) is 15.0 Å². The van der Waals surface area contributed by atoms with Gasteiger partial charge in [0.25, 0.3) is 11.6 Å². The van der Waals surface area contributed by atoms with Crippen LogP contribution in [0.1, 0.15) is 11.1 Å². The molecule has 0 atom stereocenters. The highest BCUT2D eigenvalue weighted by molar-refractivity contribution is 9.11. The molecular formula is C42H43BBr3N20O5+. The summed E-state index contributed by atoms with van der Waals surface area (Å²) in [5.41, 5.74) is 58.8. The Balaban J connectivity index is 0.000000193. The number of rotatable bonds is 3. The van der Waals surface area contributed by atoms with Gasteiger partial charge in [0.2, 0.25) is 11.9 Å². The number of aromatic amines is 1. The predicted molar refractivity (Wildman–Crippen MR) is 287 cm³/mol. The SMILES string of the molecule is Cc1ccccc1-c1cc2nnc(N)nc2cc1N.Cc1ccccc1B(O)O.N#CN.Nc1cc(N)c([N+](=O)[O-])cc1Br.Nc1nc2cc(N)c(Br)cc2[n+](=O)[nH]1.Nc1nnc2cc(Br)c(N)cc2n1. The Bertz CT molecular complexity index is 3480. The lowest BCUT2D eigenvalue weighted by Crippen LogP contribution is -2.31. The molecule has 0 aliphatic carbocycles. The van der Waals surface area contributed by atoms with Crippen LogP contribution in [0.3, 0.4) is 0 Å². The summed E-state index contributed by atoms with van der Waals surface area (Å²) in [6.45, 7) is 3.89. The first-order chi connectivity index (χ1) is 33.5. The second-order valence-electron chi connectivity index (χ2n) is 14.3. The number of fused-ring (bicyclic) bond motifs is 3. The van der Waals surface area contributed by atoms with Crippen molar-refractivity contribution in [2.75, 3.05) is 45.9 Å². The molecule has 0 aliphatic rings. The zero-order valence-electron chi connectivity index (χ0n) is 37.2. The fourth-order valence-electron chi connectivity index (χ4n) is 5.88. The molecule has 3 heterocycles. The van der Waals surface area contributed by atoms with Gasteiger partial charge in [-0.3, -0.25) is 10.1 Å². The number of H-pyrrole nitrogens is 1. The first-order valence-corrected chi connectivity index (χ1v) is 22.2. The van der Waals surface area contributed by atoms with E-state index in [1.165, 1.54) is 18.3 Å². The van der Waals surface area contributed by atoms with Crippen LogP contribution in [0, 0.1) is 40.3 Å². The van der Waals surface area contributed by atoms with Crippen molar-refractivity contribution in [2.24, 2.45) is 5.73 Å². The van der Waals surface area contributed by atoms with E-state index in [9.17, 15) is 15.0 Å². The number of nitriles is 1. The van der Waals surface area contributed by atoms with E-state index in [1.807, 2.05) is 56.3 Å². The van der Waals surface area contributed by atoms with Gasteiger partial charge in [0.15, 0.2) is 10.7 Å². The number of nitrogen functional groups attached to an aromatic ring is 8. The molecule has 0 spiro atoms. The van der Waals surface area contributed by atoms with Crippen LogP contribution in [0.2, 0.25) is 0 Å². The minimum Gasteiger partial charge on any atom is -0.423 e. The summed E-state index contributed by atoms with van der Waals surface area (Å²) in [5.74, 6) is 0.346. The molecule has 25 nitrogen and oxygen atoms in total. The molecule has 29 heteroatoms. The number of aryl methyl sites for hydroxylation is 2. The Morgan fingerprint density at radius 3 is 1.63 bits per heavy atom. The molecular weight excluding hydrogens is 1120 g/mol. The smallest absolute Gasteiger partial charge is 0.423 e. The average Bonchev–Trinajstić information content (AvgIpc) is 3.30. The van der Waals surface area contributed by atoms with E-state index < -0.39 is 12.0 Å². The lowest BCUT2D eigenvalue weighted by Gasteiger charge is -2.10. The van der Waals surface area contributed by atoms with Gasteiger partial charge in [-0.15, -0.1) is 20.4 Å². The van der Waals surface area contributed by atoms with E-state index >= 15 is 0 Å². The lowest BCUT2D eigenvalue weighted by molar-refractivity contribution is -0.535. The number of nitrogens with zero attached hydrogens (tertiary/aromatic N) is 10. The molecule has 0 fully saturated rings. The number of nitrogens with one attached hydrogen (secondary N) is 1. The molecule has 6 aromatic carbocycles. The van der Waals surface area contributed by atoms with Crippen LogP contribution in [0.5, 0.6) is 0 Å². The van der Waals surface area contributed by atoms with Gasteiger partial charge in [-0.2, -0.15) is 5.26 Å². The summed E-state index contributed by atoms with van der Waals surface area (Å²) >= 11 is 9.57. The van der Waals surface area contributed by atoms with Crippen LogP contribution >= 0.6 is 47.8 Å². The molecule has 0 aliphatic heterocycles. The van der Waals surface area contributed by atoms with Gasteiger partial charge in [0.1, 0.15) is 22.2 Å². The van der Waals surface area contributed by atoms with Crippen molar-refractivity contribution in [2.45, 2.75) is 13.8 Å². The summed E-state index contributed by atoms with van der Waals surface area (Å²) in [7, 11) is -1.35. The highest BCUT2D eigenvalue weighted by Crippen LogP contribution is 2.32. The van der Waals surface area contributed by atoms with Crippen molar-refractivity contribution in [3.05, 3.63) is 137 Å². The summed E-state index contributed by atoms with van der Waals surface area (Å²) in [5, 5.41) is 52.6. The summed E-state index contributed by atoms with van der Waals surface area (Å²) < 4.78 is 2.45. The number of aromatic nitrogens is 9. The van der Waals surface area contributed by atoms with E-state index in [0.717, 1.165) is 26.7 Å². The standard InChI is InChI=1S/C14H13N5.C7H9BO2.C7H7BrN5O.C7H6BrN5.C6H6BrN3O2.CH2N2/c1-8-4-2-3-5-9(8)10-6-13-12(7-11(10)15)17-14(16)19-18-13;1-6-4-2-3-5-7(6)8(9)10;8-3-1-6-5(2-4(3)9)11-7(10)12-13(6)14;8-3-1-6-5(2-4(3)9)11-7(10)13-12-6;7-3-1-6(10(11)12)5(9)2-4(3)8;2-1-3/h2-7H,15H2,1H3,(H2,16,17,19);2-5,9-10H,1H3;1-2H,9H2,(H3,10,11,12,14);1-2H,9H2,(H2,10,11,13);1-2H,8-9H2;2H2/q;;+1;;;. The Morgan fingerprint density at radius 1 is 0.620 bits per heavy atom. The first-order valence-electron chi connectivity index (χ1n) is 19.8. The van der Waals surface area contributed by atoms with Crippen molar-refractivity contribution in [1.82, 2.24) is 40.4 Å². The van der Waals surface area contributed by atoms with E-state index in [2.05, 4.69) is 94.0 Å². The fourth-order valence-corrected chi connectivity index (χ4v) is 6.87. The quantitative estimate of drug-likeness (QED) is 0.0225. The molecule has 0 saturated heterocycles. The second-order valence-corrected chi connectivity index (χ2v) is 16.8.